The zero-order chi connectivity index (χ0) is 21.5. The molecule has 2 aromatic carbocycles. The van der Waals surface area contributed by atoms with E-state index in [-0.39, 0.29) is 18.2 Å². The van der Waals surface area contributed by atoms with Gasteiger partial charge in [0.2, 0.25) is 0 Å². The van der Waals surface area contributed by atoms with E-state index in [1.165, 1.54) is 16.2 Å². The quantitative estimate of drug-likeness (QED) is 0.416. The summed E-state index contributed by atoms with van der Waals surface area (Å²) >= 11 is 1.29. The Kier molecular flexibility index (Phi) is 7.03. The molecule has 0 aliphatic rings. The van der Waals surface area contributed by atoms with Crippen LogP contribution in [0.25, 0.3) is 10.8 Å². The number of nitrogens with one attached hydrogen (secondary N) is 1. The Balaban J connectivity index is 1.54. The molecule has 0 fully saturated rings. The van der Waals surface area contributed by atoms with Gasteiger partial charge < -0.3 is 19.7 Å². The third-order valence-electron chi connectivity index (χ3n) is 4.40. The summed E-state index contributed by atoms with van der Waals surface area (Å²) < 4.78 is 10.4. The number of amides is 1. The van der Waals surface area contributed by atoms with Crippen molar-refractivity contribution in [2.24, 2.45) is 0 Å². The van der Waals surface area contributed by atoms with Gasteiger partial charge in [-0.1, -0.05) is 24.3 Å². The van der Waals surface area contributed by atoms with Crippen LogP contribution in [0.2, 0.25) is 0 Å². The van der Waals surface area contributed by atoms with Gasteiger partial charge in [-0.15, -0.1) is 17.9 Å². The van der Waals surface area contributed by atoms with Gasteiger partial charge >= 0.3 is 5.97 Å². The fourth-order valence-electron chi connectivity index (χ4n) is 2.78. The number of anilines is 1. The fraction of sp³-hybridized carbons (Fsp3) is 0.227. The molecule has 0 atom stereocenters. The second-order valence-electron chi connectivity index (χ2n) is 6.58. The molecule has 0 radical (unpaired) electrons. The first kappa shape index (κ1) is 21.3. The Morgan fingerprint density at radius 3 is 2.77 bits per heavy atom. The van der Waals surface area contributed by atoms with Crippen molar-refractivity contribution < 1.29 is 19.1 Å². The van der Waals surface area contributed by atoms with E-state index in [1.54, 1.807) is 25.6 Å². The summed E-state index contributed by atoms with van der Waals surface area (Å²) in [5.74, 6) is -0.120. The summed E-state index contributed by atoms with van der Waals surface area (Å²) in [4.78, 5) is 30.1. The first-order valence-corrected chi connectivity index (χ1v) is 10.2. The Hall–Kier alpha value is -3.39. The molecule has 156 valence electrons. The summed E-state index contributed by atoms with van der Waals surface area (Å²) in [5.41, 5.74) is 1.15. The lowest BCUT2D eigenvalue weighted by molar-refractivity contribution is -0.133. The monoisotopic (exact) mass is 425 g/mol. The van der Waals surface area contributed by atoms with Gasteiger partial charge in [-0.3, -0.25) is 4.79 Å². The molecular formula is C22H23N3O4S. The average molecular weight is 426 g/mol. The number of likely N-dealkylation sites (N-methyl/N-ethyl adjacent to an activating group) is 1. The smallest absolute Gasteiger partial charge is 0.358 e. The molecule has 0 unspecified atom stereocenters. The van der Waals surface area contributed by atoms with Crippen LogP contribution in [0.3, 0.4) is 0 Å². The third-order valence-corrected chi connectivity index (χ3v) is 5.20. The van der Waals surface area contributed by atoms with Crippen LogP contribution in [0.4, 0.5) is 5.13 Å². The Morgan fingerprint density at radius 1 is 1.23 bits per heavy atom. The number of carbonyl (C=O) groups is 2. The summed E-state index contributed by atoms with van der Waals surface area (Å²) in [5, 5.41) is 7.31. The largest absolute Gasteiger partial charge is 0.497 e. The Labute approximate surface area is 178 Å². The molecule has 7 nitrogen and oxygen atoms in total. The van der Waals surface area contributed by atoms with Crippen molar-refractivity contribution >= 4 is 39.1 Å². The number of carbonyl (C=O) groups excluding carboxylic acids is 2. The lowest BCUT2D eigenvalue weighted by Gasteiger charge is -2.17. The van der Waals surface area contributed by atoms with Crippen LogP contribution in [0.15, 0.2) is 54.4 Å². The summed E-state index contributed by atoms with van der Waals surface area (Å²) in [6.07, 6.45) is 1.69. The van der Waals surface area contributed by atoms with Gasteiger partial charge in [0, 0.05) is 25.5 Å². The van der Waals surface area contributed by atoms with Crippen LogP contribution in [0.5, 0.6) is 5.75 Å². The van der Waals surface area contributed by atoms with Crippen LogP contribution < -0.4 is 10.1 Å². The maximum absolute atomic E-state index is 12.4. The van der Waals surface area contributed by atoms with E-state index in [9.17, 15) is 9.59 Å². The normalized spacial score (nSPS) is 10.5. The molecule has 0 saturated carbocycles. The number of hydrogen-bond acceptors (Lipinski definition) is 7. The molecule has 8 heteroatoms. The number of nitrogens with zero attached hydrogens (tertiary/aromatic N) is 2. The number of rotatable bonds is 9. The molecular weight excluding hydrogens is 402 g/mol. The highest BCUT2D eigenvalue weighted by molar-refractivity contribution is 7.13. The molecule has 30 heavy (non-hydrogen) atoms. The lowest BCUT2D eigenvalue weighted by Crippen LogP contribution is -2.30. The maximum atomic E-state index is 12.4. The highest BCUT2D eigenvalue weighted by Crippen LogP contribution is 2.22. The molecule has 0 bridgehead atoms. The SMILES string of the molecule is C=CCNc1nc(C(=O)OCC(=O)N(C)Cc2ccc3cc(OC)ccc3c2)cs1. The molecule has 0 spiro atoms. The van der Waals surface area contributed by atoms with E-state index in [1.807, 2.05) is 36.4 Å². The van der Waals surface area contributed by atoms with Crippen molar-refractivity contribution in [3.8, 4) is 5.75 Å². The lowest BCUT2D eigenvalue weighted by atomic mass is 10.1. The van der Waals surface area contributed by atoms with Gasteiger partial charge in [-0.05, 0) is 34.5 Å². The van der Waals surface area contributed by atoms with Gasteiger partial charge in [-0.2, -0.15) is 0 Å². The standard InChI is InChI=1S/C22H23N3O4S/c1-4-9-23-22-24-19(14-30-22)21(27)29-13-20(26)25(2)12-15-5-6-17-11-18(28-3)8-7-16(17)10-15/h4-8,10-11,14H,1,9,12-13H2,2-3H3,(H,23,24). The minimum atomic E-state index is -0.626. The van der Waals surface area contributed by atoms with Crippen molar-refractivity contribution in [3.05, 3.63) is 65.7 Å². The van der Waals surface area contributed by atoms with E-state index in [4.69, 9.17) is 9.47 Å². The van der Waals surface area contributed by atoms with Crippen LogP contribution >= 0.6 is 11.3 Å². The minimum absolute atomic E-state index is 0.173. The summed E-state index contributed by atoms with van der Waals surface area (Å²) in [6, 6.07) is 11.8. The number of thiazole rings is 1. The van der Waals surface area contributed by atoms with E-state index < -0.39 is 5.97 Å². The van der Waals surface area contributed by atoms with Crippen LogP contribution in [-0.4, -0.2) is 49.1 Å². The summed E-state index contributed by atoms with van der Waals surface area (Å²) in [6.45, 7) is 4.23. The Morgan fingerprint density at radius 2 is 2.00 bits per heavy atom. The second-order valence-corrected chi connectivity index (χ2v) is 7.44. The zero-order valence-electron chi connectivity index (χ0n) is 16.9. The average Bonchev–Trinajstić information content (AvgIpc) is 3.24. The topological polar surface area (TPSA) is 80.8 Å². The van der Waals surface area contributed by atoms with Crippen molar-refractivity contribution in [3.63, 3.8) is 0 Å². The fourth-order valence-corrected chi connectivity index (χ4v) is 3.47. The Bertz CT molecular complexity index is 1060. The number of benzene rings is 2. The molecule has 1 aromatic heterocycles. The van der Waals surface area contributed by atoms with E-state index >= 15 is 0 Å². The van der Waals surface area contributed by atoms with Gasteiger partial charge in [0.05, 0.1) is 7.11 Å². The molecule has 1 heterocycles. The molecule has 0 aliphatic heterocycles. The van der Waals surface area contributed by atoms with Crippen LogP contribution in [0, 0.1) is 0 Å². The predicted molar refractivity (Wildman–Crippen MR) is 118 cm³/mol. The van der Waals surface area contributed by atoms with Crippen molar-refractivity contribution in [1.82, 2.24) is 9.88 Å². The van der Waals surface area contributed by atoms with E-state index in [2.05, 4.69) is 16.9 Å². The number of ether oxygens (including phenoxy) is 2. The molecule has 0 aliphatic carbocycles. The van der Waals surface area contributed by atoms with Crippen molar-refractivity contribution in [1.29, 1.82) is 0 Å². The molecule has 3 rings (SSSR count). The van der Waals surface area contributed by atoms with Crippen molar-refractivity contribution in [2.75, 3.05) is 32.6 Å². The zero-order valence-corrected chi connectivity index (χ0v) is 17.7. The van der Waals surface area contributed by atoms with Gasteiger partial charge in [-0.25, -0.2) is 9.78 Å². The maximum Gasteiger partial charge on any atom is 0.358 e. The number of hydrogen-bond donors (Lipinski definition) is 1. The number of esters is 1. The molecule has 3 aromatic rings. The van der Waals surface area contributed by atoms with E-state index in [0.29, 0.717) is 18.2 Å². The second kappa shape index (κ2) is 9.89. The first-order chi connectivity index (χ1) is 14.5. The van der Waals surface area contributed by atoms with Crippen molar-refractivity contribution in [2.45, 2.75) is 6.54 Å². The first-order valence-electron chi connectivity index (χ1n) is 9.28. The highest BCUT2D eigenvalue weighted by atomic mass is 32.1. The highest BCUT2D eigenvalue weighted by Gasteiger charge is 2.16. The van der Waals surface area contributed by atoms with E-state index in [0.717, 1.165) is 22.1 Å². The third kappa shape index (κ3) is 5.36. The molecule has 0 saturated heterocycles. The molecule has 1 N–H and O–H groups in total. The number of fused-ring (bicyclic) bond motifs is 1. The number of aromatic nitrogens is 1. The van der Waals surface area contributed by atoms with Crippen LogP contribution in [-0.2, 0) is 16.1 Å². The molecule has 1 amide bonds. The van der Waals surface area contributed by atoms with Gasteiger partial charge in [0.1, 0.15) is 5.75 Å². The van der Waals surface area contributed by atoms with Gasteiger partial charge in [0.25, 0.3) is 5.91 Å². The minimum Gasteiger partial charge on any atom is -0.497 e. The number of methoxy groups -OCH3 is 1. The summed E-state index contributed by atoms with van der Waals surface area (Å²) in [7, 11) is 3.31. The van der Waals surface area contributed by atoms with Crippen LogP contribution in [0.1, 0.15) is 16.1 Å². The predicted octanol–water partition coefficient (Wildman–Crippen LogP) is 3.72. The van der Waals surface area contributed by atoms with Gasteiger partial charge in [0.15, 0.2) is 17.4 Å².